The lowest BCUT2D eigenvalue weighted by Gasteiger charge is -2.30. The van der Waals surface area contributed by atoms with Crippen LogP contribution in [-0.4, -0.2) is 32.9 Å². The van der Waals surface area contributed by atoms with E-state index < -0.39 is 11.7 Å². The van der Waals surface area contributed by atoms with Crippen LogP contribution >= 0.6 is 0 Å². The van der Waals surface area contributed by atoms with Gasteiger partial charge in [0.2, 0.25) is 0 Å². The van der Waals surface area contributed by atoms with E-state index in [1.54, 1.807) is 42.0 Å². The van der Waals surface area contributed by atoms with E-state index in [1.807, 2.05) is 26.0 Å². The van der Waals surface area contributed by atoms with E-state index >= 15 is 0 Å². The van der Waals surface area contributed by atoms with Crippen LogP contribution in [0.25, 0.3) is 16.9 Å². The minimum atomic E-state index is -0.891. The Labute approximate surface area is 168 Å². The van der Waals surface area contributed by atoms with Gasteiger partial charge in [-0.3, -0.25) is 0 Å². The molecule has 0 radical (unpaired) electrons. The maximum absolute atomic E-state index is 11.3. The van der Waals surface area contributed by atoms with Crippen LogP contribution in [-0.2, 0) is 4.74 Å². The molecule has 0 saturated carbocycles. The summed E-state index contributed by atoms with van der Waals surface area (Å²) in [5.74, 6) is 0.675. The molecule has 0 aliphatic rings. The Bertz CT molecular complexity index is 1070. The minimum Gasteiger partial charge on any atom is -0.488 e. The molecule has 2 heterocycles. The SMILES string of the molecule is CC(C)C[C@@](C)(COc1ccc(-c2ccnc3ccnn23)cc1C#N)OC(N)=O. The highest BCUT2D eigenvalue weighted by molar-refractivity contribution is 5.66. The predicted octanol–water partition coefficient (Wildman–Crippen LogP) is 3.55. The first-order valence-electron chi connectivity index (χ1n) is 9.26. The van der Waals surface area contributed by atoms with Gasteiger partial charge in [-0.15, -0.1) is 0 Å². The summed E-state index contributed by atoms with van der Waals surface area (Å²) in [5.41, 5.74) is 7.03. The Morgan fingerprint density at radius 3 is 2.79 bits per heavy atom. The summed E-state index contributed by atoms with van der Waals surface area (Å²) >= 11 is 0. The third-order valence-corrected chi connectivity index (χ3v) is 4.41. The normalized spacial score (nSPS) is 13.1. The molecule has 0 bridgehead atoms. The summed E-state index contributed by atoms with van der Waals surface area (Å²) in [5, 5.41) is 13.9. The van der Waals surface area contributed by atoms with Crippen molar-refractivity contribution in [2.24, 2.45) is 11.7 Å². The van der Waals surface area contributed by atoms with Gasteiger partial charge in [-0.1, -0.05) is 13.8 Å². The molecule has 29 heavy (non-hydrogen) atoms. The minimum absolute atomic E-state index is 0.0841. The quantitative estimate of drug-likeness (QED) is 0.656. The number of nitrogens with zero attached hydrogens (tertiary/aromatic N) is 4. The third-order valence-electron chi connectivity index (χ3n) is 4.41. The number of nitrogens with two attached hydrogens (primary N) is 1. The summed E-state index contributed by atoms with van der Waals surface area (Å²) in [6, 6.07) is 11.1. The van der Waals surface area contributed by atoms with Crippen LogP contribution in [0, 0.1) is 17.2 Å². The van der Waals surface area contributed by atoms with Gasteiger partial charge in [0.25, 0.3) is 0 Å². The highest BCUT2D eigenvalue weighted by atomic mass is 16.6. The van der Waals surface area contributed by atoms with Gasteiger partial charge in [-0.05, 0) is 43.5 Å². The number of nitriles is 1. The molecule has 2 N–H and O–H groups in total. The lowest BCUT2D eigenvalue weighted by molar-refractivity contribution is -0.0186. The molecule has 0 aliphatic carbocycles. The van der Waals surface area contributed by atoms with Gasteiger partial charge in [-0.2, -0.15) is 10.4 Å². The number of hydrogen-bond acceptors (Lipinski definition) is 6. The second-order valence-corrected chi connectivity index (χ2v) is 7.51. The van der Waals surface area contributed by atoms with Gasteiger partial charge < -0.3 is 15.2 Å². The van der Waals surface area contributed by atoms with Gasteiger partial charge in [0.15, 0.2) is 5.65 Å². The number of primary amides is 1. The number of carbonyl (C=O) groups is 1. The Kier molecular flexibility index (Phi) is 5.69. The van der Waals surface area contributed by atoms with Crippen LogP contribution in [0.5, 0.6) is 5.75 Å². The van der Waals surface area contributed by atoms with Crippen molar-refractivity contribution in [3.8, 4) is 23.1 Å². The molecule has 3 aromatic rings. The smallest absolute Gasteiger partial charge is 0.405 e. The maximum atomic E-state index is 11.3. The first kappa shape index (κ1) is 20.1. The molecule has 1 atom stereocenters. The Balaban J connectivity index is 1.87. The van der Waals surface area contributed by atoms with E-state index in [1.165, 1.54) is 0 Å². The van der Waals surface area contributed by atoms with Crippen LogP contribution in [0.1, 0.15) is 32.8 Å². The molecule has 2 aromatic heterocycles. The summed E-state index contributed by atoms with van der Waals surface area (Å²) < 4.78 is 12.9. The van der Waals surface area contributed by atoms with Crippen molar-refractivity contribution in [2.75, 3.05) is 6.61 Å². The van der Waals surface area contributed by atoms with Crippen LogP contribution in [0.4, 0.5) is 4.79 Å². The van der Waals surface area contributed by atoms with Gasteiger partial charge in [0.05, 0.1) is 17.5 Å². The van der Waals surface area contributed by atoms with Crippen LogP contribution in [0.15, 0.2) is 42.7 Å². The molecule has 0 saturated heterocycles. The number of rotatable bonds is 7. The van der Waals surface area contributed by atoms with Crippen molar-refractivity contribution in [3.05, 3.63) is 48.3 Å². The molecule has 1 amide bonds. The fourth-order valence-electron chi connectivity index (χ4n) is 3.42. The van der Waals surface area contributed by atoms with Crippen molar-refractivity contribution in [3.63, 3.8) is 0 Å². The number of hydrogen-bond donors (Lipinski definition) is 1. The first-order chi connectivity index (χ1) is 13.8. The topological polar surface area (TPSA) is 116 Å². The first-order valence-corrected chi connectivity index (χ1v) is 9.26. The fraction of sp³-hybridized carbons (Fsp3) is 0.333. The second kappa shape index (κ2) is 8.19. The third kappa shape index (κ3) is 4.63. The molecule has 8 nitrogen and oxygen atoms in total. The van der Waals surface area contributed by atoms with Gasteiger partial charge in [-0.25, -0.2) is 14.3 Å². The number of amides is 1. The molecule has 0 fully saturated rings. The van der Waals surface area contributed by atoms with Crippen molar-refractivity contribution in [1.29, 1.82) is 5.26 Å². The zero-order valence-electron chi connectivity index (χ0n) is 16.6. The van der Waals surface area contributed by atoms with Gasteiger partial charge >= 0.3 is 6.09 Å². The van der Waals surface area contributed by atoms with Crippen molar-refractivity contribution < 1.29 is 14.3 Å². The molecular weight excluding hydrogens is 370 g/mol. The lowest BCUT2D eigenvalue weighted by atomic mass is 9.95. The number of aromatic nitrogens is 3. The molecule has 3 rings (SSSR count). The Morgan fingerprint density at radius 2 is 2.10 bits per heavy atom. The lowest BCUT2D eigenvalue weighted by Crippen LogP contribution is -2.41. The fourth-order valence-corrected chi connectivity index (χ4v) is 3.42. The zero-order chi connectivity index (χ0) is 21.0. The zero-order valence-corrected chi connectivity index (χ0v) is 16.6. The van der Waals surface area contributed by atoms with E-state index in [9.17, 15) is 10.1 Å². The average Bonchev–Trinajstić information content (AvgIpc) is 3.13. The van der Waals surface area contributed by atoms with E-state index in [-0.39, 0.29) is 12.5 Å². The molecule has 0 spiro atoms. The Hall–Kier alpha value is -3.60. The van der Waals surface area contributed by atoms with Crippen LogP contribution < -0.4 is 10.5 Å². The van der Waals surface area contributed by atoms with Crippen LogP contribution in [0.2, 0.25) is 0 Å². The van der Waals surface area contributed by atoms with Crippen molar-refractivity contribution in [2.45, 2.75) is 32.8 Å². The molecule has 0 aliphatic heterocycles. The highest BCUT2D eigenvalue weighted by Crippen LogP contribution is 2.28. The monoisotopic (exact) mass is 393 g/mol. The van der Waals surface area contributed by atoms with Gasteiger partial charge in [0.1, 0.15) is 24.0 Å². The standard InChI is InChI=1S/C21H23N5O3/c1-14(2)11-21(3,29-20(23)27)13-28-18-5-4-15(10-16(18)12-22)17-6-8-24-19-7-9-25-26(17)19/h4-10,14H,11,13H2,1-3H3,(H2,23,27)/t21-/m0/s1. The summed E-state index contributed by atoms with van der Waals surface area (Å²) in [4.78, 5) is 15.5. The van der Waals surface area contributed by atoms with E-state index in [4.69, 9.17) is 15.2 Å². The van der Waals surface area contributed by atoms with Gasteiger partial charge in [0, 0.05) is 17.8 Å². The average molecular weight is 393 g/mol. The summed E-state index contributed by atoms with van der Waals surface area (Å²) in [6.45, 7) is 5.89. The van der Waals surface area contributed by atoms with Crippen molar-refractivity contribution >= 4 is 11.7 Å². The van der Waals surface area contributed by atoms with Crippen LogP contribution in [0.3, 0.4) is 0 Å². The summed E-state index contributed by atoms with van der Waals surface area (Å²) in [7, 11) is 0. The van der Waals surface area contributed by atoms with Crippen molar-refractivity contribution in [1.82, 2.24) is 14.6 Å². The molecular formula is C21H23N5O3. The predicted molar refractivity (Wildman–Crippen MR) is 107 cm³/mol. The maximum Gasteiger partial charge on any atom is 0.405 e. The van der Waals surface area contributed by atoms with E-state index in [0.29, 0.717) is 17.7 Å². The highest BCUT2D eigenvalue weighted by Gasteiger charge is 2.30. The molecule has 0 unspecified atom stereocenters. The number of fused-ring (bicyclic) bond motifs is 1. The molecule has 1 aromatic carbocycles. The van der Waals surface area contributed by atoms with E-state index in [0.717, 1.165) is 16.9 Å². The number of ether oxygens (including phenoxy) is 2. The summed E-state index contributed by atoms with van der Waals surface area (Å²) in [6.07, 6.45) is 3.09. The number of carbonyl (C=O) groups excluding carboxylic acids is 1. The molecule has 8 heteroatoms. The van der Waals surface area contributed by atoms with E-state index in [2.05, 4.69) is 16.2 Å². The number of benzene rings is 1. The Morgan fingerprint density at radius 1 is 1.31 bits per heavy atom. The second-order valence-electron chi connectivity index (χ2n) is 7.51. The molecule has 150 valence electrons. The largest absolute Gasteiger partial charge is 0.488 e.